The molecule has 0 saturated carbocycles. The number of hydrogen-bond donors (Lipinski definition) is 1. The SMILES string of the molecule is O=C(O)c1ccccc1CCC(=O)N1CCC=C(F)C1. The number of rotatable bonds is 4. The largest absolute Gasteiger partial charge is 0.478 e. The summed E-state index contributed by atoms with van der Waals surface area (Å²) >= 11 is 0. The fourth-order valence-electron chi connectivity index (χ4n) is 2.26. The number of carboxylic acid groups (broad SMARTS) is 1. The molecule has 20 heavy (non-hydrogen) atoms. The summed E-state index contributed by atoms with van der Waals surface area (Å²) in [6.45, 7) is 0.548. The Kier molecular flexibility index (Phi) is 4.50. The van der Waals surface area contributed by atoms with Crippen molar-refractivity contribution < 1.29 is 19.1 Å². The summed E-state index contributed by atoms with van der Waals surface area (Å²) in [6, 6.07) is 6.62. The van der Waals surface area contributed by atoms with E-state index in [-0.39, 0.29) is 30.3 Å². The van der Waals surface area contributed by atoms with Crippen molar-refractivity contribution in [3.8, 4) is 0 Å². The van der Waals surface area contributed by atoms with Gasteiger partial charge >= 0.3 is 5.97 Å². The van der Waals surface area contributed by atoms with E-state index in [1.165, 1.54) is 17.0 Å². The normalized spacial score (nSPS) is 14.8. The second kappa shape index (κ2) is 6.32. The van der Waals surface area contributed by atoms with Crippen LogP contribution < -0.4 is 0 Å². The van der Waals surface area contributed by atoms with Crippen LogP contribution in [0.5, 0.6) is 0 Å². The molecule has 1 aliphatic rings. The average molecular weight is 277 g/mol. The van der Waals surface area contributed by atoms with E-state index in [0.29, 0.717) is 24.9 Å². The molecule has 0 unspecified atom stereocenters. The molecule has 1 aliphatic heterocycles. The third kappa shape index (κ3) is 3.44. The van der Waals surface area contributed by atoms with E-state index < -0.39 is 5.97 Å². The van der Waals surface area contributed by atoms with E-state index in [1.54, 1.807) is 18.2 Å². The Morgan fingerprint density at radius 1 is 1.30 bits per heavy atom. The summed E-state index contributed by atoms with van der Waals surface area (Å²) in [5, 5.41) is 9.06. The zero-order chi connectivity index (χ0) is 14.5. The Hall–Kier alpha value is -2.17. The van der Waals surface area contributed by atoms with Crippen LogP contribution in [0.15, 0.2) is 36.2 Å². The van der Waals surface area contributed by atoms with E-state index >= 15 is 0 Å². The summed E-state index contributed by atoms with van der Waals surface area (Å²) in [7, 11) is 0. The van der Waals surface area contributed by atoms with Crippen LogP contribution in [0, 0.1) is 0 Å². The lowest BCUT2D eigenvalue weighted by Gasteiger charge is -2.24. The fraction of sp³-hybridized carbons (Fsp3) is 0.333. The van der Waals surface area contributed by atoms with Crippen LogP contribution in [-0.4, -0.2) is 35.0 Å². The number of carboxylic acids is 1. The Bertz CT molecular complexity index is 554. The van der Waals surface area contributed by atoms with Crippen molar-refractivity contribution in [2.45, 2.75) is 19.3 Å². The third-order valence-corrected chi connectivity index (χ3v) is 3.32. The lowest BCUT2D eigenvalue weighted by Crippen LogP contribution is -2.35. The van der Waals surface area contributed by atoms with Crippen LogP contribution in [0.1, 0.15) is 28.8 Å². The summed E-state index contributed by atoms with van der Waals surface area (Å²) in [4.78, 5) is 24.5. The molecule has 0 aliphatic carbocycles. The number of carbonyl (C=O) groups excluding carboxylic acids is 1. The first kappa shape index (κ1) is 14.2. The molecular formula is C15H16FNO3. The molecule has 1 heterocycles. The van der Waals surface area contributed by atoms with Crippen LogP contribution in [0.3, 0.4) is 0 Å². The summed E-state index contributed by atoms with van der Waals surface area (Å²) < 4.78 is 13.1. The first-order valence-electron chi connectivity index (χ1n) is 6.51. The Morgan fingerprint density at radius 3 is 2.75 bits per heavy atom. The monoisotopic (exact) mass is 277 g/mol. The first-order valence-corrected chi connectivity index (χ1v) is 6.51. The van der Waals surface area contributed by atoms with Crippen molar-refractivity contribution in [3.05, 3.63) is 47.3 Å². The van der Waals surface area contributed by atoms with E-state index in [1.807, 2.05) is 0 Å². The molecule has 1 N–H and O–H groups in total. The molecule has 5 heteroatoms. The smallest absolute Gasteiger partial charge is 0.335 e. The maximum Gasteiger partial charge on any atom is 0.335 e. The number of carbonyl (C=O) groups is 2. The summed E-state index contributed by atoms with van der Waals surface area (Å²) in [5.74, 6) is -1.43. The quantitative estimate of drug-likeness (QED) is 0.919. The van der Waals surface area contributed by atoms with Gasteiger partial charge in [-0.15, -0.1) is 0 Å². The van der Waals surface area contributed by atoms with Crippen molar-refractivity contribution in [3.63, 3.8) is 0 Å². The highest BCUT2D eigenvalue weighted by Crippen LogP contribution is 2.15. The first-order chi connectivity index (χ1) is 9.58. The molecule has 0 bridgehead atoms. The van der Waals surface area contributed by atoms with Gasteiger partial charge in [-0.25, -0.2) is 9.18 Å². The van der Waals surface area contributed by atoms with Crippen molar-refractivity contribution in [2.24, 2.45) is 0 Å². The van der Waals surface area contributed by atoms with E-state index in [2.05, 4.69) is 0 Å². The van der Waals surface area contributed by atoms with Crippen molar-refractivity contribution in [1.82, 2.24) is 4.90 Å². The third-order valence-electron chi connectivity index (χ3n) is 3.32. The van der Waals surface area contributed by atoms with Gasteiger partial charge in [0, 0.05) is 13.0 Å². The van der Waals surface area contributed by atoms with Gasteiger partial charge < -0.3 is 10.0 Å². The molecule has 0 fully saturated rings. The molecule has 106 valence electrons. The summed E-state index contributed by atoms with van der Waals surface area (Å²) in [6.07, 6.45) is 2.56. The van der Waals surface area contributed by atoms with Gasteiger partial charge in [0.25, 0.3) is 0 Å². The Labute approximate surface area is 116 Å². The molecule has 0 spiro atoms. The summed E-state index contributed by atoms with van der Waals surface area (Å²) in [5.41, 5.74) is 0.839. The predicted octanol–water partition coefficient (Wildman–Crippen LogP) is 2.40. The number of hydrogen-bond acceptors (Lipinski definition) is 2. The molecule has 2 rings (SSSR count). The van der Waals surface area contributed by atoms with Gasteiger partial charge in [0.15, 0.2) is 0 Å². The lowest BCUT2D eigenvalue weighted by atomic mass is 10.0. The van der Waals surface area contributed by atoms with E-state index in [9.17, 15) is 14.0 Å². The highest BCUT2D eigenvalue weighted by atomic mass is 19.1. The lowest BCUT2D eigenvalue weighted by molar-refractivity contribution is -0.131. The Balaban J connectivity index is 1.97. The molecular weight excluding hydrogens is 261 g/mol. The molecule has 0 atom stereocenters. The molecule has 1 aromatic rings. The topological polar surface area (TPSA) is 57.6 Å². The van der Waals surface area contributed by atoms with Gasteiger partial charge in [-0.05, 0) is 30.5 Å². The zero-order valence-corrected chi connectivity index (χ0v) is 11.0. The van der Waals surface area contributed by atoms with Crippen molar-refractivity contribution in [2.75, 3.05) is 13.1 Å². The van der Waals surface area contributed by atoms with Gasteiger partial charge in [-0.1, -0.05) is 18.2 Å². The minimum Gasteiger partial charge on any atom is -0.478 e. The molecule has 0 saturated heterocycles. The van der Waals surface area contributed by atoms with E-state index in [0.717, 1.165) is 0 Å². The molecule has 0 radical (unpaired) electrons. The molecule has 4 nitrogen and oxygen atoms in total. The maximum atomic E-state index is 13.1. The standard InChI is InChI=1S/C15H16FNO3/c16-12-5-3-9-17(10-12)14(18)8-7-11-4-1-2-6-13(11)15(19)20/h1-2,4-6H,3,7-10H2,(H,19,20). The average Bonchev–Trinajstić information content (AvgIpc) is 2.45. The Morgan fingerprint density at radius 2 is 2.05 bits per heavy atom. The van der Waals surface area contributed by atoms with Crippen LogP contribution in [0.25, 0.3) is 0 Å². The van der Waals surface area contributed by atoms with Gasteiger partial charge in [0.1, 0.15) is 5.83 Å². The van der Waals surface area contributed by atoms with E-state index in [4.69, 9.17) is 5.11 Å². The fourth-order valence-corrected chi connectivity index (χ4v) is 2.26. The van der Waals surface area contributed by atoms with Crippen LogP contribution in [0.4, 0.5) is 4.39 Å². The van der Waals surface area contributed by atoms with Crippen LogP contribution >= 0.6 is 0 Å². The van der Waals surface area contributed by atoms with Crippen LogP contribution in [0.2, 0.25) is 0 Å². The molecule has 0 aromatic heterocycles. The van der Waals surface area contributed by atoms with Gasteiger partial charge in [0.05, 0.1) is 12.1 Å². The highest BCUT2D eigenvalue weighted by Gasteiger charge is 2.18. The van der Waals surface area contributed by atoms with Crippen molar-refractivity contribution >= 4 is 11.9 Å². The zero-order valence-electron chi connectivity index (χ0n) is 11.0. The number of benzene rings is 1. The maximum absolute atomic E-state index is 13.1. The van der Waals surface area contributed by atoms with Gasteiger partial charge in [-0.2, -0.15) is 0 Å². The number of aryl methyl sites for hydroxylation is 1. The number of halogens is 1. The van der Waals surface area contributed by atoms with Gasteiger partial charge in [-0.3, -0.25) is 4.79 Å². The molecule has 1 aromatic carbocycles. The highest BCUT2D eigenvalue weighted by molar-refractivity contribution is 5.89. The second-order valence-electron chi connectivity index (χ2n) is 4.72. The number of amides is 1. The number of nitrogens with zero attached hydrogens (tertiary/aromatic N) is 1. The minimum absolute atomic E-state index is 0.0272. The van der Waals surface area contributed by atoms with Crippen LogP contribution in [-0.2, 0) is 11.2 Å². The minimum atomic E-state index is -1.00. The second-order valence-corrected chi connectivity index (χ2v) is 4.72. The predicted molar refractivity (Wildman–Crippen MR) is 72.1 cm³/mol. The van der Waals surface area contributed by atoms with Crippen molar-refractivity contribution in [1.29, 1.82) is 0 Å². The number of aromatic carboxylic acids is 1. The molecule has 1 amide bonds. The van der Waals surface area contributed by atoms with Gasteiger partial charge in [0.2, 0.25) is 5.91 Å².